The molecule has 0 N–H and O–H groups in total. The second kappa shape index (κ2) is 8.97. The maximum Gasteiger partial charge on any atom is 0.253 e. The van der Waals surface area contributed by atoms with Crippen molar-refractivity contribution >= 4 is 28.6 Å². The van der Waals surface area contributed by atoms with Crippen molar-refractivity contribution in [1.82, 2.24) is 9.88 Å². The first-order valence-electron chi connectivity index (χ1n) is 10.1. The van der Waals surface area contributed by atoms with Gasteiger partial charge < -0.3 is 14.1 Å². The van der Waals surface area contributed by atoms with E-state index < -0.39 is 0 Å². The Kier molecular flexibility index (Phi) is 6.16. The average Bonchev–Trinajstić information content (AvgIpc) is 3.15. The van der Waals surface area contributed by atoms with Gasteiger partial charge in [0.15, 0.2) is 11.5 Å². The Balaban J connectivity index is 1.42. The lowest BCUT2D eigenvalue weighted by Crippen LogP contribution is -2.30. The van der Waals surface area contributed by atoms with Gasteiger partial charge in [0.1, 0.15) is 5.52 Å². The number of nitrogens with zero attached hydrogens (tertiary/aromatic N) is 2. The molecule has 0 spiro atoms. The van der Waals surface area contributed by atoms with Gasteiger partial charge in [0.05, 0.1) is 0 Å². The summed E-state index contributed by atoms with van der Waals surface area (Å²) in [6.45, 7) is 2.43. The summed E-state index contributed by atoms with van der Waals surface area (Å²) in [6.07, 6.45) is 3.77. The Morgan fingerprint density at radius 3 is 2.69 bits per heavy atom. The van der Waals surface area contributed by atoms with E-state index in [0.29, 0.717) is 39.9 Å². The van der Waals surface area contributed by atoms with E-state index >= 15 is 0 Å². The zero-order valence-corrected chi connectivity index (χ0v) is 17.3. The van der Waals surface area contributed by atoms with E-state index in [0.717, 1.165) is 44.6 Å². The third-order valence-electron chi connectivity index (χ3n) is 5.51. The Morgan fingerprint density at radius 2 is 1.93 bits per heavy atom. The SMILES string of the molecule is CN(CCC1CCOCC1)C(=O)c1ccc2oc(Cc3ccc(Cl)cc3)nc2c1. The highest BCUT2D eigenvalue weighted by Gasteiger charge is 2.18. The van der Waals surface area contributed by atoms with Gasteiger partial charge in [-0.1, -0.05) is 23.7 Å². The number of aromatic nitrogens is 1. The number of amides is 1. The lowest BCUT2D eigenvalue weighted by molar-refractivity contribution is 0.0583. The first kappa shape index (κ1) is 19.9. The fourth-order valence-electron chi connectivity index (χ4n) is 3.69. The van der Waals surface area contributed by atoms with Gasteiger partial charge in [0.2, 0.25) is 0 Å². The van der Waals surface area contributed by atoms with Gasteiger partial charge in [-0.15, -0.1) is 0 Å². The third-order valence-corrected chi connectivity index (χ3v) is 5.76. The maximum atomic E-state index is 12.8. The van der Waals surface area contributed by atoms with Crippen LogP contribution in [-0.4, -0.2) is 42.6 Å². The van der Waals surface area contributed by atoms with Crippen LogP contribution in [0.25, 0.3) is 11.1 Å². The van der Waals surface area contributed by atoms with Gasteiger partial charge in [0.25, 0.3) is 5.91 Å². The number of benzene rings is 2. The molecule has 2 heterocycles. The topological polar surface area (TPSA) is 55.6 Å². The standard InChI is InChI=1S/C23H25ClN2O3/c1-26(11-8-16-9-12-28-13-10-16)23(27)18-4-7-21-20(15-18)25-22(29-21)14-17-2-5-19(24)6-3-17/h2-7,15-16H,8-14H2,1H3. The number of carbonyl (C=O) groups is 1. The molecular weight excluding hydrogens is 388 g/mol. The molecule has 0 aliphatic carbocycles. The second-order valence-corrected chi connectivity index (χ2v) is 8.10. The highest BCUT2D eigenvalue weighted by Crippen LogP contribution is 2.22. The lowest BCUT2D eigenvalue weighted by atomic mass is 9.96. The van der Waals surface area contributed by atoms with Crippen molar-refractivity contribution in [2.75, 3.05) is 26.8 Å². The number of ether oxygens (including phenoxy) is 1. The summed E-state index contributed by atoms with van der Waals surface area (Å²) in [6, 6.07) is 13.1. The van der Waals surface area contributed by atoms with Crippen molar-refractivity contribution in [2.24, 2.45) is 5.92 Å². The monoisotopic (exact) mass is 412 g/mol. The maximum absolute atomic E-state index is 12.8. The van der Waals surface area contributed by atoms with Gasteiger partial charge in [-0.05, 0) is 61.1 Å². The van der Waals surface area contributed by atoms with E-state index in [1.165, 1.54) is 0 Å². The molecule has 1 aromatic heterocycles. The smallest absolute Gasteiger partial charge is 0.253 e. The van der Waals surface area contributed by atoms with Crippen molar-refractivity contribution in [2.45, 2.75) is 25.7 Å². The molecule has 1 aliphatic heterocycles. The van der Waals surface area contributed by atoms with Gasteiger partial charge in [-0.3, -0.25) is 4.79 Å². The van der Waals surface area contributed by atoms with E-state index in [-0.39, 0.29) is 5.91 Å². The van der Waals surface area contributed by atoms with Gasteiger partial charge in [-0.25, -0.2) is 4.98 Å². The molecule has 0 radical (unpaired) electrons. The van der Waals surface area contributed by atoms with Crippen molar-refractivity contribution in [1.29, 1.82) is 0 Å². The fraction of sp³-hybridized carbons (Fsp3) is 0.391. The molecule has 1 fully saturated rings. The Hall–Kier alpha value is -2.37. The normalized spacial score (nSPS) is 15.0. The molecule has 4 rings (SSSR count). The summed E-state index contributed by atoms with van der Waals surface area (Å²) in [7, 11) is 1.86. The number of carbonyl (C=O) groups excluding carboxylic acids is 1. The molecule has 1 aliphatic rings. The average molecular weight is 413 g/mol. The van der Waals surface area contributed by atoms with E-state index in [1.54, 1.807) is 4.90 Å². The Morgan fingerprint density at radius 1 is 1.17 bits per heavy atom. The third kappa shape index (κ3) is 4.98. The van der Waals surface area contributed by atoms with Crippen LogP contribution in [0.4, 0.5) is 0 Å². The molecule has 152 valence electrons. The summed E-state index contributed by atoms with van der Waals surface area (Å²) in [5.74, 6) is 1.29. The predicted octanol–water partition coefficient (Wildman–Crippen LogP) is 4.96. The van der Waals surface area contributed by atoms with Crippen molar-refractivity contribution in [3.8, 4) is 0 Å². The zero-order valence-electron chi connectivity index (χ0n) is 16.6. The number of hydrogen-bond acceptors (Lipinski definition) is 4. The Bertz CT molecular complexity index is 977. The molecule has 0 atom stereocenters. The van der Waals surface area contributed by atoms with Crippen molar-refractivity contribution < 1.29 is 13.9 Å². The number of halogens is 1. The first-order chi connectivity index (χ1) is 14.1. The molecule has 3 aromatic rings. The van der Waals surface area contributed by atoms with Crippen LogP contribution in [-0.2, 0) is 11.2 Å². The molecule has 0 unspecified atom stereocenters. The molecule has 2 aromatic carbocycles. The van der Waals surface area contributed by atoms with Crippen LogP contribution in [0.15, 0.2) is 46.9 Å². The van der Waals surface area contributed by atoms with E-state index in [4.69, 9.17) is 20.8 Å². The molecule has 1 saturated heterocycles. The van der Waals surface area contributed by atoms with E-state index in [9.17, 15) is 4.79 Å². The van der Waals surface area contributed by atoms with Gasteiger partial charge in [0, 0.05) is 43.8 Å². The largest absolute Gasteiger partial charge is 0.440 e. The molecule has 0 saturated carbocycles. The Labute approximate surface area is 175 Å². The zero-order chi connectivity index (χ0) is 20.2. The number of fused-ring (bicyclic) bond motifs is 1. The number of rotatable bonds is 6. The number of hydrogen-bond donors (Lipinski definition) is 0. The van der Waals surface area contributed by atoms with Crippen LogP contribution in [0.5, 0.6) is 0 Å². The molecular formula is C23H25ClN2O3. The van der Waals surface area contributed by atoms with Crippen molar-refractivity contribution in [3.05, 3.63) is 64.5 Å². The lowest BCUT2D eigenvalue weighted by Gasteiger charge is -2.25. The predicted molar refractivity (Wildman–Crippen MR) is 113 cm³/mol. The van der Waals surface area contributed by atoms with E-state index in [2.05, 4.69) is 4.98 Å². The van der Waals surface area contributed by atoms with Crippen LogP contribution < -0.4 is 0 Å². The minimum Gasteiger partial charge on any atom is -0.440 e. The minimum absolute atomic E-state index is 0.0150. The van der Waals surface area contributed by atoms with Crippen LogP contribution in [0.3, 0.4) is 0 Å². The van der Waals surface area contributed by atoms with Crippen LogP contribution in [0.2, 0.25) is 5.02 Å². The molecule has 1 amide bonds. The summed E-state index contributed by atoms with van der Waals surface area (Å²) in [5, 5.41) is 0.704. The van der Waals surface area contributed by atoms with Gasteiger partial charge in [-0.2, -0.15) is 0 Å². The summed E-state index contributed by atoms with van der Waals surface area (Å²) < 4.78 is 11.2. The van der Waals surface area contributed by atoms with E-state index in [1.807, 2.05) is 49.5 Å². The molecule has 5 nitrogen and oxygen atoms in total. The van der Waals surface area contributed by atoms with Crippen LogP contribution >= 0.6 is 11.6 Å². The molecule has 6 heteroatoms. The van der Waals surface area contributed by atoms with Crippen LogP contribution in [0, 0.1) is 5.92 Å². The van der Waals surface area contributed by atoms with Crippen molar-refractivity contribution in [3.63, 3.8) is 0 Å². The minimum atomic E-state index is 0.0150. The van der Waals surface area contributed by atoms with Gasteiger partial charge >= 0.3 is 0 Å². The number of oxazole rings is 1. The summed E-state index contributed by atoms with van der Waals surface area (Å²) in [4.78, 5) is 19.2. The first-order valence-corrected chi connectivity index (χ1v) is 10.4. The summed E-state index contributed by atoms with van der Waals surface area (Å²) in [5.41, 5.74) is 3.11. The summed E-state index contributed by atoms with van der Waals surface area (Å²) >= 11 is 5.94. The fourth-order valence-corrected chi connectivity index (χ4v) is 3.82. The quantitative estimate of drug-likeness (QED) is 0.574. The second-order valence-electron chi connectivity index (χ2n) is 7.66. The molecule has 0 bridgehead atoms. The van der Waals surface area contributed by atoms with Crippen LogP contribution in [0.1, 0.15) is 41.1 Å². The highest BCUT2D eigenvalue weighted by molar-refractivity contribution is 6.30. The molecule has 29 heavy (non-hydrogen) atoms. The highest BCUT2D eigenvalue weighted by atomic mass is 35.5.